The van der Waals surface area contributed by atoms with E-state index >= 15 is 0 Å². The van der Waals surface area contributed by atoms with Gasteiger partial charge in [-0.15, -0.1) is 4.36 Å². The van der Waals surface area contributed by atoms with Gasteiger partial charge in [0.2, 0.25) is 0 Å². The molecule has 4 nitrogen and oxygen atoms in total. The highest BCUT2D eigenvalue weighted by atomic mass is 35.7. The number of benzene rings is 2. The molecule has 1 N–H and O–H groups in total. The summed E-state index contributed by atoms with van der Waals surface area (Å²) in [6.07, 6.45) is -4.47. The molecule has 2 amide bonds. The van der Waals surface area contributed by atoms with Crippen LogP contribution >= 0.6 is 10.7 Å². The molecule has 24 heavy (non-hydrogen) atoms. The first-order chi connectivity index (χ1) is 11.1. The van der Waals surface area contributed by atoms with Gasteiger partial charge in [0.05, 0.1) is 10.5 Å². The fraction of sp³-hybridized carbons (Fsp3) is 0.133. The number of nitrogens with one attached hydrogen (secondary N) is 1. The highest BCUT2D eigenvalue weighted by molar-refractivity contribution is 8.15. The van der Waals surface area contributed by atoms with Crippen LogP contribution in [-0.2, 0) is 15.1 Å². The SMILES string of the molecule is Cc1ccc(S(=O)(Cl)=NC(=O)Nc2ccc(C(F)(F)F)cc2)cc1. The molecular formula is C15H12ClF3N2O2S. The van der Waals surface area contributed by atoms with Gasteiger partial charge in [0.1, 0.15) is 0 Å². The van der Waals surface area contributed by atoms with Crippen molar-refractivity contribution in [3.05, 3.63) is 59.7 Å². The molecule has 2 aromatic rings. The number of alkyl halides is 3. The number of amides is 2. The van der Waals surface area contributed by atoms with Crippen LogP contribution < -0.4 is 5.32 Å². The molecule has 2 aromatic carbocycles. The molecule has 0 aliphatic carbocycles. The lowest BCUT2D eigenvalue weighted by atomic mass is 10.2. The molecule has 0 saturated heterocycles. The fourth-order valence-corrected chi connectivity index (χ4v) is 3.09. The lowest BCUT2D eigenvalue weighted by Crippen LogP contribution is -2.09. The van der Waals surface area contributed by atoms with Crippen LogP contribution in [0.15, 0.2) is 57.8 Å². The van der Waals surface area contributed by atoms with Crippen LogP contribution in [0.2, 0.25) is 0 Å². The molecule has 0 saturated carbocycles. The second kappa shape index (κ2) is 6.82. The van der Waals surface area contributed by atoms with Crippen molar-refractivity contribution in [3.63, 3.8) is 0 Å². The Kier molecular flexibility index (Phi) is 5.19. The van der Waals surface area contributed by atoms with Crippen molar-refractivity contribution in [1.82, 2.24) is 0 Å². The minimum Gasteiger partial charge on any atom is -0.306 e. The molecule has 0 heterocycles. The van der Waals surface area contributed by atoms with Gasteiger partial charge in [-0.1, -0.05) is 17.7 Å². The number of carbonyl (C=O) groups is 1. The van der Waals surface area contributed by atoms with Gasteiger partial charge >= 0.3 is 12.2 Å². The summed E-state index contributed by atoms with van der Waals surface area (Å²) in [6.45, 7) is 1.83. The zero-order chi connectivity index (χ0) is 18.0. The van der Waals surface area contributed by atoms with E-state index in [1.807, 2.05) is 6.92 Å². The summed E-state index contributed by atoms with van der Waals surface area (Å²) in [5.74, 6) is 0. The number of urea groups is 1. The van der Waals surface area contributed by atoms with Crippen molar-refractivity contribution < 1.29 is 22.2 Å². The Morgan fingerprint density at radius 2 is 1.62 bits per heavy atom. The Bertz CT molecular complexity index is 856. The maximum Gasteiger partial charge on any atom is 0.416 e. The van der Waals surface area contributed by atoms with E-state index < -0.39 is 26.7 Å². The Hall–Kier alpha value is -2.06. The number of halogens is 4. The number of carbonyl (C=O) groups excluding carboxylic acids is 1. The Balaban J connectivity index is 2.17. The molecule has 1 atom stereocenters. The van der Waals surface area contributed by atoms with E-state index in [-0.39, 0.29) is 10.6 Å². The van der Waals surface area contributed by atoms with Crippen LogP contribution in [0.5, 0.6) is 0 Å². The first-order valence-corrected chi connectivity index (χ1v) is 8.94. The average molecular weight is 377 g/mol. The number of rotatable bonds is 2. The first-order valence-electron chi connectivity index (χ1n) is 6.60. The van der Waals surface area contributed by atoms with E-state index in [0.29, 0.717) is 0 Å². The first kappa shape index (κ1) is 18.3. The molecular weight excluding hydrogens is 365 g/mol. The zero-order valence-electron chi connectivity index (χ0n) is 12.3. The Morgan fingerprint density at radius 3 is 2.12 bits per heavy atom. The quantitative estimate of drug-likeness (QED) is 0.730. The standard InChI is InChI=1S/C15H12ClF3N2O2S/c1-10-2-8-13(9-3-10)24(16,23)21-14(22)20-12-6-4-11(5-7-12)15(17,18)19/h2-9H,1H3,(H,20,22). The monoisotopic (exact) mass is 376 g/mol. The van der Waals surface area contributed by atoms with Crippen LogP contribution in [-0.4, -0.2) is 10.2 Å². The largest absolute Gasteiger partial charge is 0.416 e. The van der Waals surface area contributed by atoms with E-state index in [1.54, 1.807) is 12.1 Å². The van der Waals surface area contributed by atoms with E-state index in [9.17, 15) is 22.2 Å². The zero-order valence-corrected chi connectivity index (χ0v) is 13.9. The topological polar surface area (TPSA) is 58.5 Å². The number of nitrogens with zero attached hydrogens (tertiary/aromatic N) is 1. The van der Waals surface area contributed by atoms with Crippen molar-refractivity contribution in [2.75, 3.05) is 5.32 Å². The van der Waals surface area contributed by atoms with Gasteiger partial charge in [0, 0.05) is 16.4 Å². The number of aryl methyl sites for hydroxylation is 1. The van der Waals surface area contributed by atoms with Gasteiger partial charge in [-0.2, -0.15) is 13.2 Å². The highest BCUT2D eigenvalue weighted by Gasteiger charge is 2.30. The normalized spacial score (nSPS) is 13.9. The fourth-order valence-electron chi connectivity index (χ4n) is 1.75. The molecule has 0 spiro atoms. The van der Waals surface area contributed by atoms with E-state index in [0.717, 1.165) is 29.8 Å². The third kappa shape index (κ3) is 4.72. The molecule has 0 radical (unpaired) electrons. The molecule has 0 bridgehead atoms. The van der Waals surface area contributed by atoms with Crippen molar-refractivity contribution in [2.24, 2.45) is 4.36 Å². The number of anilines is 1. The Morgan fingerprint density at radius 1 is 1.08 bits per heavy atom. The summed E-state index contributed by atoms with van der Waals surface area (Å²) in [5, 5.41) is 2.22. The van der Waals surface area contributed by atoms with Gasteiger partial charge in [-0.3, -0.25) is 0 Å². The summed E-state index contributed by atoms with van der Waals surface area (Å²) in [4.78, 5) is 12.0. The smallest absolute Gasteiger partial charge is 0.306 e. The maximum absolute atomic E-state index is 12.5. The van der Waals surface area contributed by atoms with Crippen LogP contribution in [0.1, 0.15) is 11.1 Å². The highest BCUT2D eigenvalue weighted by Crippen LogP contribution is 2.29. The average Bonchev–Trinajstić information content (AvgIpc) is 2.46. The van der Waals surface area contributed by atoms with Crippen LogP contribution in [0, 0.1) is 6.92 Å². The molecule has 9 heteroatoms. The second-order valence-corrected chi connectivity index (χ2v) is 7.69. The third-order valence-electron chi connectivity index (χ3n) is 2.98. The summed E-state index contributed by atoms with van der Waals surface area (Å²) >= 11 is 0. The molecule has 0 aliphatic heterocycles. The lowest BCUT2D eigenvalue weighted by Gasteiger charge is -2.08. The van der Waals surface area contributed by atoms with Gasteiger partial charge in [0.25, 0.3) is 0 Å². The maximum atomic E-state index is 12.5. The summed E-state index contributed by atoms with van der Waals surface area (Å²) < 4.78 is 53.0. The minimum atomic E-state index is -4.47. The predicted octanol–water partition coefficient (Wildman–Crippen LogP) is 5.23. The van der Waals surface area contributed by atoms with E-state index in [2.05, 4.69) is 9.68 Å². The molecule has 1 unspecified atom stereocenters. The lowest BCUT2D eigenvalue weighted by molar-refractivity contribution is -0.137. The number of hydrogen-bond acceptors (Lipinski definition) is 2. The third-order valence-corrected chi connectivity index (χ3v) is 4.97. The van der Waals surface area contributed by atoms with Crippen LogP contribution in [0.4, 0.5) is 23.7 Å². The second-order valence-electron chi connectivity index (χ2n) is 4.87. The molecule has 0 aliphatic rings. The summed E-state index contributed by atoms with van der Waals surface area (Å²) in [6, 6.07) is 9.05. The summed E-state index contributed by atoms with van der Waals surface area (Å²) in [7, 11) is 2.34. The molecule has 128 valence electrons. The van der Waals surface area contributed by atoms with Crippen molar-refractivity contribution >= 4 is 31.3 Å². The molecule has 2 rings (SSSR count). The minimum absolute atomic E-state index is 0.0764. The molecule has 0 aromatic heterocycles. The van der Waals surface area contributed by atoms with Crippen molar-refractivity contribution in [2.45, 2.75) is 18.0 Å². The predicted molar refractivity (Wildman–Crippen MR) is 86.3 cm³/mol. The van der Waals surface area contributed by atoms with Crippen molar-refractivity contribution in [1.29, 1.82) is 0 Å². The van der Waals surface area contributed by atoms with Gasteiger partial charge < -0.3 is 5.32 Å². The van der Waals surface area contributed by atoms with Gasteiger partial charge in [-0.25, -0.2) is 9.00 Å². The van der Waals surface area contributed by atoms with Crippen molar-refractivity contribution in [3.8, 4) is 0 Å². The van der Waals surface area contributed by atoms with E-state index in [4.69, 9.17) is 10.7 Å². The molecule has 0 fully saturated rings. The van der Waals surface area contributed by atoms with Crippen LogP contribution in [0.3, 0.4) is 0 Å². The Labute approximate surface area is 141 Å². The number of hydrogen-bond donors (Lipinski definition) is 1. The van der Waals surface area contributed by atoms with Crippen LogP contribution in [0.25, 0.3) is 0 Å². The van der Waals surface area contributed by atoms with E-state index in [1.165, 1.54) is 12.1 Å². The van der Waals surface area contributed by atoms with Gasteiger partial charge in [-0.05, 0) is 43.3 Å². The van der Waals surface area contributed by atoms with Gasteiger partial charge in [0.15, 0.2) is 8.94 Å². The summed E-state index contributed by atoms with van der Waals surface area (Å²) in [5.41, 5.74) is 0.144.